The quantitative estimate of drug-likeness (QED) is 0.638. The molecule has 0 saturated carbocycles. The van der Waals surface area contributed by atoms with E-state index in [0.29, 0.717) is 26.3 Å². The maximum Gasteiger partial charge on any atom is 0.415 e. The highest BCUT2D eigenvalue weighted by Crippen LogP contribution is 2.26. The highest BCUT2D eigenvalue weighted by molar-refractivity contribution is 7.18. The minimum absolute atomic E-state index is 0.0796. The van der Waals surface area contributed by atoms with Gasteiger partial charge in [-0.15, -0.1) is 0 Å². The Morgan fingerprint density at radius 1 is 1.31 bits per heavy atom. The molecule has 0 atom stereocenters. The predicted molar refractivity (Wildman–Crippen MR) is 91.6 cm³/mol. The van der Waals surface area contributed by atoms with E-state index in [9.17, 15) is 19.7 Å². The summed E-state index contributed by atoms with van der Waals surface area (Å²) in [4.78, 5) is 40.0. The monoisotopic (exact) mass is 378 g/mol. The van der Waals surface area contributed by atoms with Crippen LogP contribution >= 0.6 is 11.3 Å². The minimum atomic E-state index is -0.592. The highest BCUT2D eigenvalue weighted by Gasteiger charge is 2.22. The summed E-state index contributed by atoms with van der Waals surface area (Å²) in [6.07, 6.45) is 0.489. The molecule has 0 unspecified atom stereocenters. The summed E-state index contributed by atoms with van der Waals surface area (Å²) in [6, 6.07) is 6.23. The Labute approximate surface area is 151 Å². The van der Waals surface area contributed by atoms with E-state index in [1.54, 1.807) is 12.1 Å². The van der Waals surface area contributed by atoms with Crippen molar-refractivity contribution < 1.29 is 24.0 Å². The Bertz CT molecular complexity index is 833. The number of para-hydroxylation sites is 1. The molecule has 2 aromatic rings. The van der Waals surface area contributed by atoms with E-state index in [0.717, 1.165) is 17.5 Å². The Hall–Kier alpha value is -3.05. The van der Waals surface area contributed by atoms with Crippen LogP contribution in [0.4, 0.5) is 14.9 Å². The Kier molecular flexibility index (Phi) is 5.39. The molecule has 1 aliphatic rings. The van der Waals surface area contributed by atoms with Crippen LogP contribution in [0.2, 0.25) is 0 Å². The van der Waals surface area contributed by atoms with Crippen LogP contribution in [0.15, 0.2) is 30.5 Å². The number of hydrogen-bond donors (Lipinski definition) is 1. The molecule has 1 saturated heterocycles. The third kappa shape index (κ3) is 4.13. The third-order valence-electron chi connectivity index (χ3n) is 3.49. The number of nitro groups is 1. The molecule has 1 aliphatic heterocycles. The number of amides is 2. The topological polar surface area (TPSA) is 124 Å². The van der Waals surface area contributed by atoms with Gasteiger partial charge in [-0.2, -0.15) is 0 Å². The van der Waals surface area contributed by atoms with E-state index in [4.69, 9.17) is 9.47 Å². The largest absolute Gasteiger partial charge is 0.415 e. The van der Waals surface area contributed by atoms with E-state index in [-0.39, 0.29) is 21.4 Å². The summed E-state index contributed by atoms with van der Waals surface area (Å²) in [5, 5.41) is 13.0. The fourth-order valence-electron chi connectivity index (χ4n) is 2.22. The van der Waals surface area contributed by atoms with Crippen molar-refractivity contribution in [2.45, 2.75) is 0 Å². The van der Waals surface area contributed by atoms with Crippen molar-refractivity contribution in [2.75, 3.05) is 31.6 Å². The van der Waals surface area contributed by atoms with Crippen molar-refractivity contribution in [2.24, 2.45) is 0 Å². The molecule has 1 aromatic heterocycles. The molecule has 10 nitrogen and oxygen atoms in total. The van der Waals surface area contributed by atoms with Gasteiger partial charge >= 0.3 is 11.1 Å². The van der Waals surface area contributed by atoms with Gasteiger partial charge in [0.1, 0.15) is 11.9 Å². The molecule has 136 valence electrons. The van der Waals surface area contributed by atoms with Crippen LogP contribution in [0.3, 0.4) is 0 Å². The average Bonchev–Trinajstić information content (AvgIpc) is 3.11. The fourth-order valence-corrected chi connectivity index (χ4v) is 2.85. The van der Waals surface area contributed by atoms with Crippen LogP contribution in [0, 0.1) is 10.1 Å². The number of nitrogens with zero attached hydrogens (tertiary/aromatic N) is 3. The first-order valence-electron chi connectivity index (χ1n) is 7.59. The lowest BCUT2D eigenvalue weighted by atomic mass is 10.2. The molecule has 0 spiro atoms. The Morgan fingerprint density at radius 3 is 2.73 bits per heavy atom. The molecule has 0 bridgehead atoms. The molecule has 1 N–H and O–H groups in total. The molecular weight excluding hydrogens is 364 g/mol. The van der Waals surface area contributed by atoms with Gasteiger partial charge < -0.3 is 14.4 Å². The van der Waals surface area contributed by atoms with Crippen LogP contribution in [0.25, 0.3) is 0 Å². The molecule has 2 amide bonds. The lowest BCUT2D eigenvalue weighted by molar-refractivity contribution is -0.380. The first-order valence-corrected chi connectivity index (χ1v) is 8.41. The van der Waals surface area contributed by atoms with Crippen LogP contribution in [-0.2, 0) is 4.74 Å². The first kappa shape index (κ1) is 17.8. The van der Waals surface area contributed by atoms with E-state index in [2.05, 4.69) is 10.3 Å². The number of nitrogens with one attached hydrogen (secondary N) is 1. The SMILES string of the molecule is O=C(Nc1ncc([N+](=O)[O-])s1)c1ccccc1OC(=O)N1CCOCC1. The summed E-state index contributed by atoms with van der Waals surface area (Å²) < 4.78 is 10.5. The Morgan fingerprint density at radius 2 is 2.04 bits per heavy atom. The molecule has 0 aliphatic carbocycles. The van der Waals surface area contributed by atoms with E-state index >= 15 is 0 Å². The van der Waals surface area contributed by atoms with Crippen LogP contribution < -0.4 is 10.1 Å². The number of carbonyl (C=O) groups is 2. The number of ether oxygens (including phenoxy) is 2. The van der Waals surface area contributed by atoms with Crippen molar-refractivity contribution >= 4 is 33.5 Å². The van der Waals surface area contributed by atoms with Gasteiger partial charge in [-0.3, -0.25) is 20.2 Å². The number of benzene rings is 1. The van der Waals surface area contributed by atoms with Crippen molar-refractivity contribution in [1.82, 2.24) is 9.88 Å². The number of rotatable bonds is 4. The zero-order valence-corrected chi connectivity index (χ0v) is 14.2. The van der Waals surface area contributed by atoms with Gasteiger partial charge in [-0.1, -0.05) is 12.1 Å². The second-order valence-electron chi connectivity index (χ2n) is 5.18. The summed E-state index contributed by atoms with van der Waals surface area (Å²) in [5.41, 5.74) is 0.118. The zero-order chi connectivity index (χ0) is 18.5. The van der Waals surface area contributed by atoms with Crippen LogP contribution in [0.5, 0.6) is 5.75 Å². The van der Waals surface area contributed by atoms with Gasteiger partial charge in [-0.05, 0) is 23.5 Å². The number of anilines is 1. The van der Waals surface area contributed by atoms with Crippen LogP contribution in [0.1, 0.15) is 10.4 Å². The summed E-state index contributed by atoms with van der Waals surface area (Å²) in [7, 11) is 0. The molecule has 11 heteroatoms. The third-order valence-corrected chi connectivity index (χ3v) is 4.36. The minimum Gasteiger partial charge on any atom is -0.409 e. The Balaban J connectivity index is 1.72. The predicted octanol–water partition coefficient (Wildman–Crippen LogP) is 2.13. The summed E-state index contributed by atoms with van der Waals surface area (Å²) in [5.74, 6) is -0.493. The van der Waals surface area contributed by atoms with Gasteiger partial charge in [0.2, 0.25) is 0 Å². The van der Waals surface area contributed by atoms with Gasteiger partial charge in [-0.25, -0.2) is 9.78 Å². The zero-order valence-electron chi connectivity index (χ0n) is 13.4. The molecule has 3 rings (SSSR count). The number of hydrogen-bond acceptors (Lipinski definition) is 8. The molecular formula is C15H14N4O6S. The van der Waals surface area contributed by atoms with Gasteiger partial charge in [0.05, 0.1) is 23.7 Å². The summed E-state index contributed by atoms with van der Waals surface area (Å²) in [6.45, 7) is 1.69. The van der Waals surface area contributed by atoms with Crippen molar-refractivity contribution in [1.29, 1.82) is 0 Å². The average molecular weight is 378 g/mol. The molecule has 2 heterocycles. The lowest BCUT2D eigenvalue weighted by Gasteiger charge is -2.26. The van der Waals surface area contributed by atoms with Gasteiger partial charge in [0.25, 0.3) is 5.91 Å². The molecule has 26 heavy (non-hydrogen) atoms. The number of thiazole rings is 1. The lowest BCUT2D eigenvalue weighted by Crippen LogP contribution is -2.42. The van der Waals surface area contributed by atoms with Crippen molar-refractivity contribution in [3.8, 4) is 5.75 Å². The maximum absolute atomic E-state index is 12.4. The van der Waals surface area contributed by atoms with Gasteiger partial charge in [0.15, 0.2) is 5.13 Å². The molecule has 1 fully saturated rings. The highest BCUT2D eigenvalue weighted by atomic mass is 32.1. The van der Waals surface area contributed by atoms with Crippen LogP contribution in [-0.4, -0.2) is 53.1 Å². The number of carbonyl (C=O) groups excluding carboxylic acids is 2. The van der Waals surface area contributed by atoms with E-state index < -0.39 is 16.9 Å². The molecule has 0 radical (unpaired) electrons. The standard InChI is InChI=1S/C15H14N4O6S/c20-13(17-14-16-9-12(26-14)19(22)23)10-3-1-2-4-11(10)25-15(21)18-5-7-24-8-6-18/h1-4,9H,5-8H2,(H,16,17,20). The number of morpholine rings is 1. The smallest absolute Gasteiger partial charge is 0.409 e. The van der Waals surface area contributed by atoms with Crippen molar-refractivity contribution in [3.63, 3.8) is 0 Å². The van der Waals surface area contributed by atoms with Crippen molar-refractivity contribution in [3.05, 3.63) is 46.1 Å². The second-order valence-corrected chi connectivity index (χ2v) is 6.19. The maximum atomic E-state index is 12.4. The van der Waals surface area contributed by atoms with E-state index in [1.165, 1.54) is 17.0 Å². The first-order chi connectivity index (χ1) is 12.5. The number of aromatic nitrogens is 1. The molecule has 1 aromatic carbocycles. The second kappa shape index (κ2) is 7.89. The normalized spacial score (nSPS) is 13.9. The van der Waals surface area contributed by atoms with Gasteiger partial charge in [0, 0.05) is 13.1 Å². The van der Waals surface area contributed by atoms with E-state index in [1.807, 2.05) is 0 Å². The summed E-state index contributed by atoms with van der Waals surface area (Å²) >= 11 is 0.734. The fraction of sp³-hybridized carbons (Fsp3) is 0.267.